The zero-order valence-electron chi connectivity index (χ0n) is 9.24. The molecule has 2 rings (SSSR count). The number of halogens is 2. The number of hydrogen-bond donors (Lipinski definition) is 0. The summed E-state index contributed by atoms with van der Waals surface area (Å²) in [6.45, 7) is 2.44. The monoisotopic (exact) mass is 315 g/mol. The Bertz CT molecular complexity index is 515. The van der Waals surface area contributed by atoms with Gasteiger partial charge in [-0.05, 0) is 34.5 Å². The molecule has 0 N–H and O–H groups in total. The topological polar surface area (TPSA) is 22.1 Å². The van der Waals surface area contributed by atoms with E-state index in [0.717, 1.165) is 17.1 Å². The van der Waals surface area contributed by atoms with Crippen LogP contribution in [0.25, 0.3) is 0 Å². The fourth-order valence-electron chi connectivity index (χ4n) is 1.30. The van der Waals surface area contributed by atoms with Crippen molar-refractivity contribution in [2.24, 2.45) is 0 Å². The predicted molar refractivity (Wildman–Crippen MR) is 69.9 cm³/mol. The lowest BCUT2D eigenvalue weighted by molar-refractivity contribution is 0.300. The summed E-state index contributed by atoms with van der Waals surface area (Å²) in [4.78, 5) is 4.37. The molecule has 17 heavy (non-hydrogen) atoms. The SMILES string of the molecule is CCc1nc(COc2ccc(Br)c(F)c2)cs1. The molecule has 0 saturated carbocycles. The third kappa shape index (κ3) is 3.26. The molecule has 0 fully saturated rings. The van der Waals surface area contributed by atoms with E-state index in [0.29, 0.717) is 16.8 Å². The Morgan fingerprint density at radius 3 is 2.94 bits per heavy atom. The Hall–Kier alpha value is -0.940. The molecule has 1 aromatic heterocycles. The number of hydrogen-bond acceptors (Lipinski definition) is 3. The summed E-state index contributed by atoms with van der Waals surface area (Å²) in [7, 11) is 0. The standard InChI is InChI=1S/C12H11BrFNOS/c1-2-12-15-8(7-17-12)6-16-9-3-4-10(13)11(14)5-9/h3-5,7H,2,6H2,1H3. The first-order valence-corrected chi connectivity index (χ1v) is 6.87. The van der Waals surface area contributed by atoms with Gasteiger partial charge < -0.3 is 4.74 Å². The van der Waals surface area contributed by atoms with Crippen LogP contribution < -0.4 is 4.74 Å². The van der Waals surface area contributed by atoms with Gasteiger partial charge in [0.05, 0.1) is 15.2 Å². The fraction of sp³-hybridized carbons (Fsp3) is 0.250. The van der Waals surface area contributed by atoms with Crippen molar-refractivity contribution >= 4 is 27.3 Å². The quantitative estimate of drug-likeness (QED) is 0.844. The van der Waals surface area contributed by atoms with Crippen LogP contribution in [0.3, 0.4) is 0 Å². The summed E-state index contributed by atoms with van der Waals surface area (Å²) < 4.78 is 19.1. The number of nitrogens with zero attached hydrogens (tertiary/aromatic N) is 1. The molecule has 0 bridgehead atoms. The van der Waals surface area contributed by atoms with Crippen molar-refractivity contribution < 1.29 is 9.13 Å². The van der Waals surface area contributed by atoms with E-state index in [2.05, 4.69) is 27.8 Å². The summed E-state index contributed by atoms with van der Waals surface area (Å²) in [6, 6.07) is 4.71. The predicted octanol–water partition coefficient (Wildman–Crippen LogP) is 4.19. The third-order valence-corrected chi connectivity index (χ3v) is 3.86. The smallest absolute Gasteiger partial charge is 0.141 e. The molecule has 0 unspecified atom stereocenters. The van der Waals surface area contributed by atoms with Gasteiger partial charge in [-0.1, -0.05) is 6.92 Å². The zero-order valence-corrected chi connectivity index (χ0v) is 11.6. The van der Waals surface area contributed by atoms with E-state index in [9.17, 15) is 4.39 Å². The minimum Gasteiger partial charge on any atom is -0.487 e. The molecule has 0 aliphatic rings. The molecule has 0 saturated heterocycles. The molecule has 0 spiro atoms. The highest BCUT2D eigenvalue weighted by atomic mass is 79.9. The third-order valence-electron chi connectivity index (χ3n) is 2.18. The lowest BCUT2D eigenvalue weighted by atomic mass is 10.3. The molecule has 1 aromatic carbocycles. The van der Waals surface area contributed by atoms with Gasteiger partial charge in [-0.3, -0.25) is 0 Å². The van der Waals surface area contributed by atoms with Crippen LogP contribution in [0, 0.1) is 5.82 Å². The van der Waals surface area contributed by atoms with Gasteiger partial charge in [0.1, 0.15) is 18.2 Å². The van der Waals surface area contributed by atoms with Crippen LogP contribution in [-0.2, 0) is 13.0 Å². The normalized spacial score (nSPS) is 10.5. The van der Waals surface area contributed by atoms with Crippen LogP contribution in [0.2, 0.25) is 0 Å². The Morgan fingerprint density at radius 2 is 2.29 bits per heavy atom. The molecule has 2 aromatic rings. The van der Waals surface area contributed by atoms with Gasteiger partial charge >= 0.3 is 0 Å². The minimum atomic E-state index is -0.324. The first-order chi connectivity index (χ1) is 8.19. The van der Waals surface area contributed by atoms with E-state index in [1.165, 1.54) is 6.07 Å². The van der Waals surface area contributed by atoms with E-state index in [1.807, 2.05) is 5.38 Å². The summed E-state index contributed by atoms with van der Waals surface area (Å²) in [5.74, 6) is 0.187. The highest BCUT2D eigenvalue weighted by molar-refractivity contribution is 9.10. The summed E-state index contributed by atoms with van der Waals surface area (Å²) in [6.07, 6.45) is 0.928. The first kappa shape index (κ1) is 12.5. The number of aryl methyl sites for hydroxylation is 1. The van der Waals surface area contributed by atoms with Crippen molar-refractivity contribution in [3.63, 3.8) is 0 Å². The average Bonchev–Trinajstić information content (AvgIpc) is 2.79. The van der Waals surface area contributed by atoms with Crippen molar-refractivity contribution in [1.29, 1.82) is 0 Å². The Morgan fingerprint density at radius 1 is 1.47 bits per heavy atom. The molecule has 90 valence electrons. The molecular weight excluding hydrogens is 305 g/mol. The number of ether oxygens (including phenoxy) is 1. The van der Waals surface area contributed by atoms with Crippen LogP contribution >= 0.6 is 27.3 Å². The van der Waals surface area contributed by atoms with Gasteiger partial charge in [0.2, 0.25) is 0 Å². The van der Waals surface area contributed by atoms with Gasteiger partial charge in [-0.2, -0.15) is 0 Å². The first-order valence-electron chi connectivity index (χ1n) is 5.20. The van der Waals surface area contributed by atoms with Gasteiger partial charge in [0, 0.05) is 11.4 Å². The second kappa shape index (κ2) is 5.60. The molecule has 5 heteroatoms. The van der Waals surface area contributed by atoms with E-state index < -0.39 is 0 Å². The van der Waals surface area contributed by atoms with E-state index in [1.54, 1.807) is 23.5 Å². The zero-order chi connectivity index (χ0) is 12.3. The summed E-state index contributed by atoms with van der Waals surface area (Å²) in [5.41, 5.74) is 0.884. The Balaban J connectivity index is 1.99. The maximum atomic E-state index is 13.2. The van der Waals surface area contributed by atoms with Gasteiger partial charge in [-0.15, -0.1) is 11.3 Å². The van der Waals surface area contributed by atoms with Gasteiger partial charge in [0.25, 0.3) is 0 Å². The lowest BCUT2D eigenvalue weighted by Gasteiger charge is -2.04. The Kier molecular flexibility index (Phi) is 4.12. The highest BCUT2D eigenvalue weighted by Gasteiger charge is 2.04. The van der Waals surface area contributed by atoms with Crippen LogP contribution in [0.15, 0.2) is 28.1 Å². The van der Waals surface area contributed by atoms with Gasteiger partial charge in [0.15, 0.2) is 0 Å². The van der Waals surface area contributed by atoms with Crippen molar-refractivity contribution in [1.82, 2.24) is 4.98 Å². The van der Waals surface area contributed by atoms with Crippen LogP contribution in [-0.4, -0.2) is 4.98 Å². The average molecular weight is 316 g/mol. The maximum absolute atomic E-state index is 13.2. The second-order valence-electron chi connectivity index (χ2n) is 3.45. The van der Waals surface area contributed by atoms with Crippen molar-refractivity contribution in [2.45, 2.75) is 20.0 Å². The van der Waals surface area contributed by atoms with E-state index in [-0.39, 0.29) is 5.82 Å². The number of aromatic nitrogens is 1. The van der Waals surface area contributed by atoms with Crippen LogP contribution in [0.1, 0.15) is 17.6 Å². The largest absolute Gasteiger partial charge is 0.487 e. The maximum Gasteiger partial charge on any atom is 0.141 e. The second-order valence-corrected chi connectivity index (χ2v) is 5.25. The molecule has 2 nitrogen and oxygen atoms in total. The number of thiazole rings is 1. The Labute approximate surface area is 112 Å². The van der Waals surface area contributed by atoms with Crippen molar-refractivity contribution in [2.75, 3.05) is 0 Å². The lowest BCUT2D eigenvalue weighted by Crippen LogP contribution is -1.96. The van der Waals surface area contributed by atoms with E-state index in [4.69, 9.17) is 4.74 Å². The molecule has 0 radical (unpaired) electrons. The van der Waals surface area contributed by atoms with Crippen molar-refractivity contribution in [3.05, 3.63) is 44.6 Å². The summed E-state index contributed by atoms with van der Waals surface area (Å²) in [5, 5.41) is 3.05. The molecular formula is C12H11BrFNOS. The number of rotatable bonds is 4. The fourth-order valence-corrected chi connectivity index (χ4v) is 2.28. The van der Waals surface area contributed by atoms with Crippen molar-refractivity contribution in [3.8, 4) is 5.75 Å². The van der Waals surface area contributed by atoms with Crippen LogP contribution in [0.5, 0.6) is 5.75 Å². The molecule has 0 aliphatic carbocycles. The highest BCUT2D eigenvalue weighted by Crippen LogP contribution is 2.22. The molecule has 0 amide bonds. The number of benzene rings is 1. The molecule has 0 atom stereocenters. The molecule has 0 aliphatic heterocycles. The van der Waals surface area contributed by atoms with Crippen LogP contribution in [0.4, 0.5) is 4.39 Å². The van der Waals surface area contributed by atoms with Gasteiger partial charge in [-0.25, -0.2) is 9.37 Å². The minimum absolute atomic E-state index is 0.324. The molecule has 1 heterocycles. The summed E-state index contributed by atoms with van der Waals surface area (Å²) >= 11 is 4.71. The van der Waals surface area contributed by atoms with E-state index >= 15 is 0 Å².